The van der Waals surface area contributed by atoms with Crippen LogP contribution in [0.5, 0.6) is 11.5 Å². The highest BCUT2D eigenvalue weighted by atomic mass is 16.5. The molecule has 0 unspecified atom stereocenters. The fourth-order valence-electron chi connectivity index (χ4n) is 2.54. The minimum atomic E-state index is 0.0111. The summed E-state index contributed by atoms with van der Waals surface area (Å²) >= 11 is 0. The third-order valence-corrected chi connectivity index (χ3v) is 4.02. The molecule has 5 nitrogen and oxygen atoms in total. The van der Waals surface area contributed by atoms with Crippen molar-refractivity contribution in [1.29, 1.82) is 0 Å². The highest BCUT2D eigenvalue weighted by molar-refractivity contribution is 5.52. The minimum absolute atomic E-state index is 0.0111. The summed E-state index contributed by atoms with van der Waals surface area (Å²) < 4.78 is 11.6. The lowest BCUT2D eigenvalue weighted by atomic mass is 10.1. The molecule has 0 aliphatic heterocycles. The summed E-state index contributed by atoms with van der Waals surface area (Å²) in [6, 6.07) is 15.1. The zero-order chi connectivity index (χ0) is 18.3. The molecule has 0 amide bonds. The summed E-state index contributed by atoms with van der Waals surface area (Å²) in [5, 5.41) is 0. The fraction of sp³-hybridized carbons (Fsp3) is 0.400. The maximum atomic E-state index is 5.91. The Morgan fingerprint density at radius 3 is 1.52 bits per heavy atom. The molecular formula is C20H29N3O2. The summed E-state index contributed by atoms with van der Waals surface area (Å²) in [5.74, 6) is 1.45. The lowest BCUT2D eigenvalue weighted by Crippen LogP contribution is -2.45. The van der Waals surface area contributed by atoms with E-state index < -0.39 is 0 Å². The summed E-state index contributed by atoms with van der Waals surface area (Å²) in [7, 11) is 0. The quantitative estimate of drug-likeness (QED) is 0.719. The van der Waals surface area contributed by atoms with Gasteiger partial charge in [-0.15, -0.1) is 0 Å². The van der Waals surface area contributed by atoms with Crippen molar-refractivity contribution in [1.82, 2.24) is 4.90 Å². The number of nitrogen functional groups attached to an aromatic ring is 2. The van der Waals surface area contributed by atoms with Gasteiger partial charge in [-0.25, -0.2) is 0 Å². The van der Waals surface area contributed by atoms with Crippen LogP contribution < -0.4 is 20.9 Å². The van der Waals surface area contributed by atoms with Crippen molar-refractivity contribution in [2.75, 3.05) is 37.8 Å². The van der Waals surface area contributed by atoms with E-state index in [2.05, 4.69) is 25.7 Å². The van der Waals surface area contributed by atoms with E-state index in [4.69, 9.17) is 20.9 Å². The van der Waals surface area contributed by atoms with Crippen molar-refractivity contribution in [2.45, 2.75) is 26.3 Å². The van der Waals surface area contributed by atoms with Crippen molar-refractivity contribution < 1.29 is 9.47 Å². The van der Waals surface area contributed by atoms with Crippen molar-refractivity contribution >= 4 is 11.4 Å². The third kappa shape index (κ3) is 5.87. The molecule has 136 valence electrons. The standard InChI is InChI=1S/C20H29N3O2/c1-20(2,3)23(12-14-24-18-10-6-4-8-16(18)21)13-15-25-19-11-7-5-9-17(19)22/h4-11H,12-15,21-22H2,1-3H3. The molecule has 2 aromatic rings. The van der Waals surface area contributed by atoms with Crippen LogP contribution in [0.15, 0.2) is 48.5 Å². The van der Waals surface area contributed by atoms with Crippen LogP contribution in [-0.4, -0.2) is 36.7 Å². The number of anilines is 2. The van der Waals surface area contributed by atoms with Crippen LogP contribution in [0.4, 0.5) is 11.4 Å². The fourth-order valence-corrected chi connectivity index (χ4v) is 2.54. The molecular weight excluding hydrogens is 314 g/mol. The molecule has 2 aromatic carbocycles. The smallest absolute Gasteiger partial charge is 0.142 e. The first-order valence-corrected chi connectivity index (χ1v) is 8.57. The van der Waals surface area contributed by atoms with Crippen molar-refractivity contribution in [3.63, 3.8) is 0 Å². The molecule has 0 fully saturated rings. The number of para-hydroxylation sites is 4. The molecule has 0 aromatic heterocycles. The molecule has 0 atom stereocenters. The predicted molar refractivity (Wildman–Crippen MR) is 104 cm³/mol. The number of benzene rings is 2. The Morgan fingerprint density at radius 1 is 0.760 bits per heavy atom. The molecule has 4 N–H and O–H groups in total. The van der Waals surface area contributed by atoms with Crippen LogP contribution in [-0.2, 0) is 0 Å². The Kier molecular flexibility index (Phi) is 6.53. The topological polar surface area (TPSA) is 73.7 Å². The second-order valence-electron chi connectivity index (χ2n) is 6.93. The van der Waals surface area contributed by atoms with E-state index in [1.165, 1.54) is 0 Å². The Hall–Kier alpha value is -2.40. The van der Waals surface area contributed by atoms with Crippen LogP contribution >= 0.6 is 0 Å². The number of ether oxygens (including phenoxy) is 2. The van der Waals surface area contributed by atoms with E-state index in [1.54, 1.807) is 0 Å². The molecule has 0 saturated heterocycles. The zero-order valence-corrected chi connectivity index (χ0v) is 15.4. The van der Waals surface area contributed by atoms with Gasteiger partial charge in [0.1, 0.15) is 24.7 Å². The van der Waals surface area contributed by atoms with Gasteiger partial charge in [-0.1, -0.05) is 24.3 Å². The highest BCUT2D eigenvalue weighted by Crippen LogP contribution is 2.21. The molecule has 25 heavy (non-hydrogen) atoms. The number of hydrogen-bond donors (Lipinski definition) is 2. The van der Waals surface area contributed by atoms with Crippen LogP contribution in [0.3, 0.4) is 0 Å². The molecule has 0 heterocycles. The molecule has 0 radical (unpaired) electrons. The molecule has 0 saturated carbocycles. The third-order valence-electron chi connectivity index (χ3n) is 4.02. The van der Waals surface area contributed by atoms with Gasteiger partial charge in [0.05, 0.1) is 11.4 Å². The molecule has 0 aliphatic carbocycles. The normalized spacial score (nSPS) is 11.5. The summed E-state index contributed by atoms with van der Waals surface area (Å²) in [6.45, 7) is 9.25. The van der Waals surface area contributed by atoms with Gasteiger partial charge in [0.15, 0.2) is 0 Å². The monoisotopic (exact) mass is 343 g/mol. The Morgan fingerprint density at radius 2 is 1.16 bits per heavy atom. The molecule has 0 bridgehead atoms. The van der Waals surface area contributed by atoms with Crippen LogP contribution in [0.2, 0.25) is 0 Å². The average Bonchev–Trinajstić information content (AvgIpc) is 2.55. The van der Waals surface area contributed by atoms with Crippen molar-refractivity contribution in [2.24, 2.45) is 0 Å². The van der Waals surface area contributed by atoms with Gasteiger partial charge in [-0.2, -0.15) is 0 Å². The van der Waals surface area contributed by atoms with E-state index in [-0.39, 0.29) is 5.54 Å². The van der Waals surface area contributed by atoms with Gasteiger partial charge in [-0.05, 0) is 45.0 Å². The predicted octanol–water partition coefficient (Wildman–Crippen LogP) is 3.41. The van der Waals surface area contributed by atoms with Gasteiger partial charge < -0.3 is 20.9 Å². The van der Waals surface area contributed by atoms with Gasteiger partial charge in [-0.3, -0.25) is 4.90 Å². The lowest BCUT2D eigenvalue weighted by molar-refractivity contribution is 0.0937. The Balaban J connectivity index is 1.84. The first kappa shape index (κ1) is 18.9. The largest absolute Gasteiger partial charge is 0.490 e. The number of nitrogens with zero attached hydrogens (tertiary/aromatic N) is 1. The second-order valence-corrected chi connectivity index (χ2v) is 6.93. The van der Waals surface area contributed by atoms with Crippen LogP contribution in [0.1, 0.15) is 20.8 Å². The lowest BCUT2D eigenvalue weighted by Gasteiger charge is -2.35. The second kappa shape index (κ2) is 8.62. The maximum absolute atomic E-state index is 5.91. The summed E-state index contributed by atoms with van der Waals surface area (Å²) in [6.07, 6.45) is 0. The van der Waals surface area contributed by atoms with E-state index in [9.17, 15) is 0 Å². The van der Waals surface area contributed by atoms with Gasteiger partial charge in [0, 0.05) is 18.6 Å². The first-order chi connectivity index (χ1) is 11.9. The van der Waals surface area contributed by atoms with Gasteiger partial charge in [0.2, 0.25) is 0 Å². The van der Waals surface area contributed by atoms with Crippen LogP contribution in [0.25, 0.3) is 0 Å². The Labute approximate surface area is 150 Å². The highest BCUT2D eigenvalue weighted by Gasteiger charge is 2.21. The molecule has 2 rings (SSSR count). The maximum Gasteiger partial charge on any atom is 0.142 e. The van der Waals surface area contributed by atoms with E-state index in [0.717, 1.165) is 24.6 Å². The Bertz CT molecular complexity index is 616. The van der Waals surface area contributed by atoms with E-state index in [1.807, 2.05) is 48.5 Å². The minimum Gasteiger partial charge on any atom is -0.490 e. The van der Waals surface area contributed by atoms with Gasteiger partial charge >= 0.3 is 0 Å². The van der Waals surface area contributed by atoms with Crippen molar-refractivity contribution in [3.05, 3.63) is 48.5 Å². The van der Waals surface area contributed by atoms with Crippen LogP contribution in [0, 0.1) is 0 Å². The van der Waals surface area contributed by atoms with E-state index >= 15 is 0 Å². The number of hydrogen-bond acceptors (Lipinski definition) is 5. The number of rotatable bonds is 8. The van der Waals surface area contributed by atoms with Gasteiger partial charge in [0.25, 0.3) is 0 Å². The summed E-state index contributed by atoms with van der Waals surface area (Å²) in [5.41, 5.74) is 13.2. The molecule has 0 spiro atoms. The summed E-state index contributed by atoms with van der Waals surface area (Å²) in [4.78, 5) is 2.32. The number of nitrogens with two attached hydrogens (primary N) is 2. The van der Waals surface area contributed by atoms with E-state index in [0.29, 0.717) is 24.6 Å². The van der Waals surface area contributed by atoms with Crippen molar-refractivity contribution in [3.8, 4) is 11.5 Å². The molecule has 5 heteroatoms. The SMILES string of the molecule is CC(C)(C)N(CCOc1ccccc1N)CCOc1ccccc1N. The zero-order valence-electron chi connectivity index (χ0n) is 15.4. The average molecular weight is 343 g/mol. The molecule has 0 aliphatic rings. The first-order valence-electron chi connectivity index (χ1n) is 8.57.